The third-order valence-electron chi connectivity index (χ3n) is 5.52. The number of anilines is 1. The number of nitrogens with zero attached hydrogens (tertiary/aromatic N) is 4. The van der Waals surface area contributed by atoms with Gasteiger partial charge in [0.15, 0.2) is 24.1 Å². The van der Waals surface area contributed by atoms with Crippen molar-refractivity contribution in [3.63, 3.8) is 0 Å². The lowest BCUT2D eigenvalue weighted by molar-refractivity contribution is -0.0200. The predicted molar refractivity (Wildman–Crippen MR) is 126 cm³/mol. The first-order valence-corrected chi connectivity index (χ1v) is 10.7. The molecule has 5 rings (SSSR count). The van der Waals surface area contributed by atoms with Crippen LogP contribution in [-0.4, -0.2) is 44.5 Å². The molecule has 0 amide bonds. The van der Waals surface area contributed by atoms with E-state index in [1.165, 1.54) is 25.6 Å². The number of benzene rings is 2. The number of nitrogens with two attached hydrogens (primary N) is 1. The van der Waals surface area contributed by atoms with E-state index in [1.54, 1.807) is 30.3 Å². The van der Waals surface area contributed by atoms with Crippen LogP contribution in [0.2, 0.25) is 0 Å². The second kappa shape index (κ2) is 9.46. The van der Waals surface area contributed by atoms with Gasteiger partial charge in [-0.2, -0.15) is 0 Å². The predicted octanol–water partition coefficient (Wildman–Crippen LogP) is 1.85. The summed E-state index contributed by atoms with van der Waals surface area (Å²) >= 11 is 0. The fourth-order valence-electron chi connectivity index (χ4n) is 3.80. The Morgan fingerprint density at radius 1 is 1.31 bits per heavy atom. The number of nitrogen functional groups attached to an aromatic ring is 1. The van der Waals surface area contributed by atoms with Crippen molar-refractivity contribution < 1.29 is 18.6 Å². The minimum atomic E-state index is -0.980. The molecule has 1 aliphatic heterocycles. The summed E-state index contributed by atoms with van der Waals surface area (Å²) in [6.45, 7) is -0.0463. The van der Waals surface area contributed by atoms with Crippen molar-refractivity contribution in [2.24, 2.45) is 5.73 Å². The Bertz CT molecular complexity index is 1470. The Morgan fingerprint density at radius 2 is 2.06 bits per heavy atom. The van der Waals surface area contributed by atoms with Crippen LogP contribution in [0.3, 0.4) is 0 Å². The van der Waals surface area contributed by atoms with Crippen molar-refractivity contribution in [3.05, 3.63) is 87.6 Å². The van der Waals surface area contributed by atoms with Gasteiger partial charge in [0.25, 0.3) is 5.95 Å². The third kappa shape index (κ3) is 4.22. The molecule has 1 unspecified atom stereocenters. The van der Waals surface area contributed by atoms with Crippen LogP contribution in [0.5, 0.6) is 11.5 Å². The number of hydrogen-bond acceptors (Lipinski definition) is 9. The van der Waals surface area contributed by atoms with E-state index in [-0.39, 0.29) is 47.9 Å². The largest absolute Gasteiger partial charge is 0.493 e. The van der Waals surface area contributed by atoms with Crippen LogP contribution in [-0.2, 0) is 11.3 Å². The van der Waals surface area contributed by atoms with Crippen molar-refractivity contribution in [1.82, 2.24) is 24.7 Å². The van der Waals surface area contributed by atoms with Gasteiger partial charge in [0.1, 0.15) is 17.7 Å². The SMILES string of the molecule is COc1cc(C(Nc2ccc(C(=N)N)cc2)c2nn(-c3ncccn3)c(=O)[nH]2)c(F)c2c1OCOC2. The van der Waals surface area contributed by atoms with Gasteiger partial charge in [-0.05, 0) is 36.4 Å². The molecule has 0 radical (unpaired) electrons. The number of H-pyrrole nitrogens is 1. The van der Waals surface area contributed by atoms with Gasteiger partial charge in [-0.25, -0.2) is 19.2 Å². The second-order valence-corrected chi connectivity index (χ2v) is 7.74. The molecule has 3 heterocycles. The number of hydrogen-bond donors (Lipinski definition) is 4. The minimum Gasteiger partial charge on any atom is -0.493 e. The number of amidine groups is 1. The van der Waals surface area contributed by atoms with Gasteiger partial charge >= 0.3 is 5.69 Å². The maximum absolute atomic E-state index is 15.9. The third-order valence-corrected chi connectivity index (χ3v) is 5.52. The molecule has 13 heteroatoms. The zero-order valence-corrected chi connectivity index (χ0v) is 19.0. The van der Waals surface area contributed by atoms with E-state index in [0.717, 1.165) is 4.68 Å². The highest BCUT2D eigenvalue weighted by Crippen LogP contribution is 2.41. The zero-order valence-electron chi connectivity index (χ0n) is 19.0. The average Bonchev–Trinajstić information content (AvgIpc) is 3.30. The fourth-order valence-corrected chi connectivity index (χ4v) is 3.80. The molecule has 0 saturated carbocycles. The van der Waals surface area contributed by atoms with E-state index in [0.29, 0.717) is 17.0 Å². The van der Waals surface area contributed by atoms with Gasteiger partial charge in [-0.1, -0.05) is 0 Å². The summed E-state index contributed by atoms with van der Waals surface area (Å²) in [6, 6.07) is 8.76. The summed E-state index contributed by atoms with van der Waals surface area (Å²) in [5.41, 5.74) is 6.33. The van der Waals surface area contributed by atoms with E-state index in [9.17, 15) is 4.79 Å². The maximum atomic E-state index is 15.9. The van der Waals surface area contributed by atoms with Crippen molar-refractivity contribution in [2.75, 3.05) is 19.2 Å². The van der Waals surface area contributed by atoms with Crippen molar-refractivity contribution in [2.45, 2.75) is 12.6 Å². The zero-order chi connectivity index (χ0) is 25.2. The number of fused-ring (bicyclic) bond motifs is 1. The molecule has 12 nitrogen and oxygen atoms in total. The number of aromatic amines is 1. The number of nitrogens with one attached hydrogen (secondary N) is 3. The van der Waals surface area contributed by atoms with Gasteiger partial charge in [-0.15, -0.1) is 9.78 Å². The molecule has 2 aromatic heterocycles. The topological polar surface area (TPSA) is 166 Å². The first-order valence-electron chi connectivity index (χ1n) is 10.7. The molecule has 1 aliphatic rings. The molecule has 1 atom stereocenters. The minimum absolute atomic E-state index is 0.0196. The highest BCUT2D eigenvalue weighted by molar-refractivity contribution is 5.95. The quantitative estimate of drug-likeness (QED) is 0.222. The monoisotopic (exact) mass is 492 g/mol. The molecule has 5 N–H and O–H groups in total. The molecule has 0 aliphatic carbocycles. The van der Waals surface area contributed by atoms with Gasteiger partial charge < -0.3 is 25.3 Å². The van der Waals surface area contributed by atoms with Gasteiger partial charge in [0.2, 0.25) is 0 Å². The molecule has 0 bridgehead atoms. The van der Waals surface area contributed by atoms with Gasteiger partial charge in [-0.3, -0.25) is 10.4 Å². The van der Waals surface area contributed by atoms with E-state index < -0.39 is 17.5 Å². The fraction of sp³-hybridized carbons (Fsp3) is 0.174. The Hall–Kier alpha value is -4.78. The van der Waals surface area contributed by atoms with Crippen LogP contribution in [0.4, 0.5) is 10.1 Å². The molecule has 0 saturated heterocycles. The highest BCUT2D eigenvalue weighted by atomic mass is 19.1. The van der Waals surface area contributed by atoms with Crippen molar-refractivity contribution >= 4 is 11.5 Å². The Labute approximate surface area is 203 Å². The number of halogens is 1. The van der Waals surface area contributed by atoms with Crippen molar-refractivity contribution in [3.8, 4) is 17.4 Å². The van der Waals surface area contributed by atoms with Crippen LogP contribution in [0.15, 0.2) is 53.6 Å². The summed E-state index contributed by atoms with van der Waals surface area (Å²) in [5, 5.41) is 15.1. The number of ether oxygens (including phenoxy) is 3. The normalized spacial score (nSPS) is 13.4. The van der Waals surface area contributed by atoms with Crippen LogP contribution in [0, 0.1) is 11.2 Å². The summed E-state index contributed by atoms with van der Waals surface area (Å²) in [4.78, 5) is 23.5. The number of rotatable bonds is 7. The van der Waals surface area contributed by atoms with Crippen molar-refractivity contribution in [1.29, 1.82) is 5.41 Å². The molecular weight excluding hydrogens is 471 g/mol. The second-order valence-electron chi connectivity index (χ2n) is 7.74. The summed E-state index contributed by atoms with van der Waals surface area (Å²) in [5.74, 6) is 0.0218. The van der Waals surface area contributed by atoms with Crippen LogP contribution in [0.25, 0.3) is 5.95 Å². The Kier molecular flexibility index (Phi) is 6.04. The van der Waals surface area contributed by atoms with Crippen LogP contribution >= 0.6 is 0 Å². The Morgan fingerprint density at radius 3 is 2.75 bits per heavy atom. The summed E-state index contributed by atoms with van der Waals surface area (Å²) in [7, 11) is 1.45. The lowest BCUT2D eigenvalue weighted by atomic mass is 9.99. The Balaban J connectivity index is 1.64. The van der Waals surface area contributed by atoms with E-state index in [2.05, 4.69) is 25.4 Å². The number of aromatic nitrogens is 5. The van der Waals surface area contributed by atoms with Gasteiger partial charge in [0.05, 0.1) is 19.3 Å². The smallest absolute Gasteiger partial charge is 0.350 e. The molecule has 184 valence electrons. The molecule has 0 spiro atoms. The molecule has 0 fully saturated rings. The summed E-state index contributed by atoms with van der Waals surface area (Å²) in [6.07, 6.45) is 2.95. The van der Waals surface area contributed by atoms with E-state index in [4.69, 9.17) is 25.4 Å². The van der Waals surface area contributed by atoms with E-state index in [1.807, 2.05) is 0 Å². The first-order chi connectivity index (χ1) is 17.5. The molecule has 4 aromatic rings. The van der Waals surface area contributed by atoms with E-state index >= 15 is 4.39 Å². The van der Waals surface area contributed by atoms with Crippen LogP contribution < -0.4 is 26.2 Å². The summed E-state index contributed by atoms with van der Waals surface area (Å²) < 4.78 is 33.1. The maximum Gasteiger partial charge on any atom is 0.350 e. The first kappa shape index (κ1) is 23.0. The lowest BCUT2D eigenvalue weighted by Crippen LogP contribution is -2.20. The molecular formula is C23H21FN8O4. The van der Waals surface area contributed by atoms with Crippen LogP contribution in [0.1, 0.15) is 28.6 Å². The highest BCUT2D eigenvalue weighted by Gasteiger charge is 2.30. The lowest BCUT2D eigenvalue weighted by Gasteiger charge is -2.25. The van der Waals surface area contributed by atoms with Gasteiger partial charge in [0, 0.05) is 29.2 Å². The standard InChI is InChI=1S/C23H21FN8O4/c1-34-16-9-14(17(24)15-10-35-11-36-19(15)16)18(29-13-5-3-12(4-6-13)20(25)26)21-30-23(33)32(31-21)22-27-7-2-8-28-22/h2-9,18,29H,10-11H2,1H3,(H3,25,26)(H,30,31,33). The number of methoxy groups -OCH3 is 1. The average molecular weight is 492 g/mol. The molecule has 36 heavy (non-hydrogen) atoms. The molecule has 2 aromatic carbocycles.